The Hall–Kier alpha value is -1.71. The minimum Gasteiger partial charge on any atom is -0.504 e. The van der Waals surface area contributed by atoms with Crippen molar-refractivity contribution < 1.29 is 19.4 Å². The van der Waals surface area contributed by atoms with Gasteiger partial charge in [-0.3, -0.25) is 4.79 Å². The minimum absolute atomic E-state index is 0.0923. The van der Waals surface area contributed by atoms with E-state index < -0.39 is 0 Å². The molecule has 98 valence electrons. The van der Waals surface area contributed by atoms with E-state index in [1.54, 1.807) is 24.3 Å². The molecule has 0 aliphatic heterocycles. The molecule has 0 radical (unpaired) electrons. The lowest BCUT2D eigenvalue weighted by Gasteiger charge is -2.31. The number of aromatic hydroxyl groups is 1. The van der Waals surface area contributed by atoms with Gasteiger partial charge in [0.2, 0.25) is 0 Å². The molecule has 2 rings (SSSR count). The second kappa shape index (κ2) is 5.76. The number of methoxy groups -OCH3 is 1. The average Bonchev–Trinajstić information content (AvgIpc) is 2.32. The summed E-state index contributed by atoms with van der Waals surface area (Å²) >= 11 is 0. The van der Waals surface area contributed by atoms with Crippen LogP contribution >= 0.6 is 0 Å². The van der Waals surface area contributed by atoms with Crippen LogP contribution in [0.4, 0.5) is 0 Å². The summed E-state index contributed by atoms with van der Waals surface area (Å²) < 4.78 is 10.3. The Balaban J connectivity index is 1.97. The first kappa shape index (κ1) is 12.7. The van der Waals surface area contributed by atoms with Crippen LogP contribution < -0.4 is 4.74 Å². The zero-order valence-corrected chi connectivity index (χ0v) is 10.5. The molecule has 18 heavy (non-hydrogen) atoms. The molecule has 4 nitrogen and oxygen atoms in total. The molecule has 1 aromatic carbocycles. The molecule has 1 unspecified atom stereocenters. The van der Waals surface area contributed by atoms with Crippen molar-refractivity contribution in [1.82, 2.24) is 0 Å². The van der Waals surface area contributed by atoms with Crippen LogP contribution in [0.3, 0.4) is 0 Å². The summed E-state index contributed by atoms with van der Waals surface area (Å²) in [6.45, 7) is 0.259. The van der Waals surface area contributed by atoms with E-state index in [4.69, 9.17) is 9.47 Å². The van der Waals surface area contributed by atoms with Gasteiger partial charge >= 0.3 is 5.97 Å². The highest BCUT2D eigenvalue weighted by Gasteiger charge is 2.34. The van der Waals surface area contributed by atoms with Gasteiger partial charge in [0.05, 0.1) is 13.0 Å². The Morgan fingerprint density at radius 2 is 2.17 bits per heavy atom. The molecular formula is C14H18O4. The Morgan fingerprint density at radius 1 is 1.44 bits per heavy atom. The summed E-state index contributed by atoms with van der Waals surface area (Å²) in [4.78, 5) is 11.7. The third-order valence-corrected chi connectivity index (χ3v) is 3.51. The van der Waals surface area contributed by atoms with E-state index in [1.165, 1.54) is 7.11 Å². The normalized spacial score (nSPS) is 16.7. The standard InChI is InChI=1S/C14H18O4/c1-17-14(16)11(10-5-4-6-10)9-18-13-8-3-2-7-12(13)15/h2-3,7-8,10-11,15H,4-6,9H2,1H3. The molecular weight excluding hydrogens is 232 g/mol. The summed E-state index contributed by atoms with van der Waals surface area (Å²) in [5.41, 5.74) is 0. The lowest BCUT2D eigenvalue weighted by Crippen LogP contribution is -2.34. The molecule has 0 amide bonds. The number of phenolic OH excluding ortho intramolecular Hbond substituents is 1. The van der Waals surface area contributed by atoms with Crippen molar-refractivity contribution >= 4 is 5.97 Å². The van der Waals surface area contributed by atoms with Crippen LogP contribution in [0.1, 0.15) is 19.3 Å². The van der Waals surface area contributed by atoms with Gasteiger partial charge in [-0.25, -0.2) is 0 Å². The van der Waals surface area contributed by atoms with Crippen LogP contribution in [0.2, 0.25) is 0 Å². The van der Waals surface area contributed by atoms with Gasteiger partial charge in [-0.15, -0.1) is 0 Å². The van der Waals surface area contributed by atoms with Gasteiger partial charge in [0.1, 0.15) is 6.61 Å². The SMILES string of the molecule is COC(=O)C(COc1ccccc1O)C1CCC1. The zero-order chi connectivity index (χ0) is 13.0. The number of carbonyl (C=O) groups excluding carboxylic acids is 1. The van der Waals surface area contributed by atoms with E-state index in [1.807, 2.05) is 0 Å². The zero-order valence-electron chi connectivity index (χ0n) is 10.5. The number of para-hydroxylation sites is 2. The predicted molar refractivity (Wildman–Crippen MR) is 66.4 cm³/mol. The van der Waals surface area contributed by atoms with E-state index in [9.17, 15) is 9.90 Å². The quantitative estimate of drug-likeness (QED) is 0.815. The molecule has 1 N–H and O–H groups in total. The molecule has 1 aromatic rings. The second-order valence-electron chi connectivity index (χ2n) is 4.60. The third-order valence-electron chi connectivity index (χ3n) is 3.51. The van der Waals surface area contributed by atoms with Crippen LogP contribution in [-0.4, -0.2) is 24.8 Å². The van der Waals surface area contributed by atoms with Gasteiger partial charge in [0.15, 0.2) is 11.5 Å². The average molecular weight is 250 g/mol. The van der Waals surface area contributed by atoms with Gasteiger partial charge in [0, 0.05) is 0 Å². The maximum absolute atomic E-state index is 11.7. The summed E-state index contributed by atoms with van der Waals surface area (Å²) in [7, 11) is 1.40. The number of hydrogen-bond donors (Lipinski definition) is 1. The summed E-state index contributed by atoms with van der Waals surface area (Å²) in [5, 5.41) is 9.59. The van der Waals surface area contributed by atoms with Gasteiger partial charge in [0.25, 0.3) is 0 Å². The lowest BCUT2D eigenvalue weighted by molar-refractivity contribution is -0.150. The van der Waals surface area contributed by atoms with E-state index in [0.717, 1.165) is 19.3 Å². The fraction of sp³-hybridized carbons (Fsp3) is 0.500. The molecule has 0 saturated heterocycles. The molecule has 1 saturated carbocycles. The Labute approximate surface area is 107 Å². The lowest BCUT2D eigenvalue weighted by atomic mass is 9.76. The summed E-state index contributed by atoms with van der Waals surface area (Å²) in [6.07, 6.45) is 3.25. The van der Waals surface area contributed by atoms with Crippen LogP contribution in [0.25, 0.3) is 0 Å². The van der Waals surface area contributed by atoms with E-state index in [0.29, 0.717) is 11.7 Å². The van der Waals surface area contributed by atoms with Crippen molar-refractivity contribution in [2.75, 3.05) is 13.7 Å². The highest BCUT2D eigenvalue weighted by molar-refractivity contribution is 5.73. The van der Waals surface area contributed by atoms with Gasteiger partial charge in [-0.1, -0.05) is 18.6 Å². The van der Waals surface area contributed by atoms with E-state index >= 15 is 0 Å². The molecule has 0 heterocycles. The van der Waals surface area contributed by atoms with Crippen molar-refractivity contribution in [3.05, 3.63) is 24.3 Å². The van der Waals surface area contributed by atoms with Crippen LogP contribution in [0, 0.1) is 11.8 Å². The fourth-order valence-electron chi connectivity index (χ4n) is 2.15. The van der Waals surface area contributed by atoms with Crippen molar-refractivity contribution in [1.29, 1.82) is 0 Å². The van der Waals surface area contributed by atoms with Gasteiger partial charge in [-0.2, -0.15) is 0 Å². The molecule has 0 bridgehead atoms. The second-order valence-corrected chi connectivity index (χ2v) is 4.60. The van der Waals surface area contributed by atoms with Crippen molar-refractivity contribution in [3.63, 3.8) is 0 Å². The van der Waals surface area contributed by atoms with E-state index in [-0.39, 0.29) is 24.2 Å². The van der Waals surface area contributed by atoms with Crippen LogP contribution in [-0.2, 0) is 9.53 Å². The number of esters is 1. The van der Waals surface area contributed by atoms with Crippen molar-refractivity contribution in [2.45, 2.75) is 19.3 Å². The predicted octanol–water partition coefficient (Wildman–Crippen LogP) is 2.36. The third kappa shape index (κ3) is 2.75. The molecule has 1 atom stereocenters. The Kier molecular flexibility index (Phi) is 4.07. The first-order chi connectivity index (χ1) is 8.72. The van der Waals surface area contributed by atoms with Gasteiger partial charge < -0.3 is 14.6 Å². The maximum Gasteiger partial charge on any atom is 0.312 e. The fourth-order valence-corrected chi connectivity index (χ4v) is 2.15. The van der Waals surface area contributed by atoms with Crippen LogP contribution in [0.15, 0.2) is 24.3 Å². The van der Waals surface area contributed by atoms with Crippen LogP contribution in [0.5, 0.6) is 11.5 Å². The molecule has 0 spiro atoms. The number of ether oxygens (including phenoxy) is 2. The topological polar surface area (TPSA) is 55.8 Å². The van der Waals surface area contributed by atoms with Crippen molar-refractivity contribution in [2.24, 2.45) is 11.8 Å². The number of phenols is 1. The largest absolute Gasteiger partial charge is 0.504 e. The monoisotopic (exact) mass is 250 g/mol. The van der Waals surface area contributed by atoms with Crippen molar-refractivity contribution in [3.8, 4) is 11.5 Å². The van der Waals surface area contributed by atoms with E-state index in [2.05, 4.69) is 0 Å². The first-order valence-electron chi connectivity index (χ1n) is 6.21. The Bertz CT molecular complexity index is 412. The van der Waals surface area contributed by atoms with Gasteiger partial charge in [-0.05, 0) is 30.9 Å². The molecule has 4 heteroatoms. The minimum atomic E-state index is -0.233. The number of carbonyl (C=O) groups is 1. The molecule has 1 aliphatic rings. The maximum atomic E-state index is 11.7. The first-order valence-corrected chi connectivity index (χ1v) is 6.21. The molecule has 1 fully saturated rings. The smallest absolute Gasteiger partial charge is 0.312 e. The molecule has 0 aromatic heterocycles. The number of rotatable bonds is 5. The highest BCUT2D eigenvalue weighted by Crippen LogP contribution is 2.35. The Morgan fingerprint density at radius 3 is 2.72 bits per heavy atom. The molecule has 1 aliphatic carbocycles. The number of benzene rings is 1. The number of hydrogen-bond acceptors (Lipinski definition) is 4. The summed E-state index contributed by atoms with van der Waals surface area (Å²) in [6, 6.07) is 6.76. The highest BCUT2D eigenvalue weighted by atomic mass is 16.5. The summed E-state index contributed by atoms with van der Waals surface area (Å²) in [5.74, 6) is 0.391.